The lowest BCUT2D eigenvalue weighted by Crippen LogP contribution is -2.33. The number of nitrogens with zero attached hydrogens (tertiary/aromatic N) is 4. The summed E-state index contributed by atoms with van der Waals surface area (Å²) in [5.74, 6) is -0.445. The largest absolute Gasteiger partial charge is 0.364 e. The number of aromatic nitrogens is 3. The van der Waals surface area contributed by atoms with Gasteiger partial charge in [0.1, 0.15) is 0 Å². The maximum atomic E-state index is 11.5. The van der Waals surface area contributed by atoms with Gasteiger partial charge in [-0.15, -0.1) is 0 Å². The second-order valence-electron chi connectivity index (χ2n) is 5.81. The van der Waals surface area contributed by atoms with Gasteiger partial charge in [0.05, 0.1) is 0 Å². The van der Waals surface area contributed by atoms with Crippen LogP contribution in [0.25, 0.3) is 0 Å². The minimum atomic E-state index is -0.445. The van der Waals surface area contributed by atoms with Crippen LogP contribution in [-0.2, 0) is 26.4 Å². The lowest BCUT2D eigenvalue weighted by atomic mass is 10.0. The first kappa shape index (κ1) is 14.7. The van der Waals surface area contributed by atoms with Crippen LogP contribution in [-0.4, -0.2) is 38.7 Å². The number of aryl methyl sites for hydroxylation is 2. The SMILES string of the molecule is Cc1cccc(CCN2CCc3c(c(C(N)=O)nn3C)C2)n1. The summed E-state index contributed by atoms with van der Waals surface area (Å²) in [7, 11) is 1.87. The third-order valence-electron chi connectivity index (χ3n) is 4.18. The zero-order chi connectivity index (χ0) is 15.7. The van der Waals surface area contributed by atoms with Crippen molar-refractivity contribution in [3.05, 3.63) is 46.5 Å². The molecule has 2 aromatic heterocycles. The fourth-order valence-electron chi connectivity index (χ4n) is 3.05. The van der Waals surface area contributed by atoms with E-state index in [-0.39, 0.29) is 0 Å². The van der Waals surface area contributed by atoms with Crippen molar-refractivity contribution in [3.8, 4) is 0 Å². The van der Waals surface area contributed by atoms with Crippen molar-refractivity contribution in [1.82, 2.24) is 19.7 Å². The standard InChI is InChI=1S/C16H21N5O/c1-11-4-3-5-12(18-11)6-8-21-9-7-14-13(10-21)15(16(17)22)19-20(14)2/h3-5H,6-10H2,1-2H3,(H2,17,22). The summed E-state index contributed by atoms with van der Waals surface area (Å²) in [6.45, 7) is 4.62. The Labute approximate surface area is 129 Å². The summed E-state index contributed by atoms with van der Waals surface area (Å²) in [6, 6.07) is 6.10. The molecular formula is C16H21N5O. The predicted molar refractivity (Wildman–Crippen MR) is 83.4 cm³/mol. The molecule has 0 radical (unpaired) electrons. The highest BCUT2D eigenvalue weighted by molar-refractivity contribution is 5.92. The molecule has 2 N–H and O–H groups in total. The molecule has 6 nitrogen and oxygen atoms in total. The van der Waals surface area contributed by atoms with E-state index in [0.29, 0.717) is 5.69 Å². The van der Waals surface area contributed by atoms with Gasteiger partial charge in [-0.25, -0.2) is 0 Å². The van der Waals surface area contributed by atoms with E-state index in [1.807, 2.05) is 26.1 Å². The number of pyridine rings is 1. The van der Waals surface area contributed by atoms with Gasteiger partial charge < -0.3 is 5.73 Å². The number of rotatable bonds is 4. The summed E-state index contributed by atoms with van der Waals surface area (Å²) < 4.78 is 1.79. The molecule has 0 saturated heterocycles. The average Bonchev–Trinajstić information content (AvgIpc) is 2.82. The highest BCUT2D eigenvalue weighted by atomic mass is 16.1. The van der Waals surface area contributed by atoms with Crippen molar-refractivity contribution in [2.24, 2.45) is 12.8 Å². The maximum Gasteiger partial charge on any atom is 0.269 e. The number of hydrogen-bond donors (Lipinski definition) is 1. The van der Waals surface area contributed by atoms with Crippen LogP contribution < -0.4 is 5.73 Å². The van der Waals surface area contributed by atoms with E-state index in [9.17, 15) is 4.79 Å². The van der Waals surface area contributed by atoms with Gasteiger partial charge in [0.2, 0.25) is 0 Å². The summed E-state index contributed by atoms with van der Waals surface area (Å²) >= 11 is 0. The normalized spacial score (nSPS) is 14.8. The third-order valence-corrected chi connectivity index (χ3v) is 4.18. The second kappa shape index (κ2) is 5.88. The lowest BCUT2D eigenvalue weighted by molar-refractivity contribution is 0.0992. The van der Waals surface area contributed by atoms with Crippen molar-refractivity contribution in [2.75, 3.05) is 13.1 Å². The topological polar surface area (TPSA) is 77.0 Å². The van der Waals surface area contributed by atoms with Gasteiger partial charge in [-0.2, -0.15) is 5.10 Å². The van der Waals surface area contributed by atoms with Gasteiger partial charge in [0.25, 0.3) is 5.91 Å². The monoisotopic (exact) mass is 299 g/mol. The predicted octanol–water partition coefficient (Wildman–Crippen LogP) is 0.823. The molecule has 3 heterocycles. The Bertz CT molecular complexity index is 707. The van der Waals surface area contributed by atoms with E-state index < -0.39 is 5.91 Å². The zero-order valence-corrected chi connectivity index (χ0v) is 13.0. The first-order valence-electron chi connectivity index (χ1n) is 7.54. The van der Waals surface area contributed by atoms with E-state index in [1.54, 1.807) is 4.68 Å². The molecule has 6 heteroatoms. The van der Waals surface area contributed by atoms with Crippen LogP contribution in [0, 0.1) is 6.92 Å². The highest BCUT2D eigenvalue weighted by Gasteiger charge is 2.25. The Morgan fingerprint density at radius 2 is 2.23 bits per heavy atom. The molecule has 0 aliphatic carbocycles. The Balaban J connectivity index is 1.70. The van der Waals surface area contributed by atoms with Crippen molar-refractivity contribution in [1.29, 1.82) is 0 Å². The van der Waals surface area contributed by atoms with Crippen LogP contribution >= 0.6 is 0 Å². The molecular weight excluding hydrogens is 278 g/mol. The molecule has 1 amide bonds. The van der Waals surface area contributed by atoms with Crippen LogP contribution in [0.3, 0.4) is 0 Å². The van der Waals surface area contributed by atoms with Gasteiger partial charge in [-0.05, 0) is 19.1 Å². The lowest BCUT2D eigenvalue weighted by Gasteiger charge is -2.27. The van der Waals surface area contributed by atoms with E-state index >= 15 is 0 Å². The zero-order valence-electron chi connectivity index (χ0n) is 13.0. The van der Waals surface area contributed by atoms with E-state index in [2.05, 4.69) is 21.0 Å². The molecule has 0 atom stereocenters. The molecule has 116 valence electrons. The van der Waals surface area contributed by atoms with Crippen LogP contribution in [0.5, 0.6) is 0 Å². The molecule has 22 heavy (non-hydrogen) atoms. The van der Waals surface area contributed by atoms with E-state index in [1.165, 1.54) is 0 Å². The minimum Gasteiger partial charge on any atom is -0.364 e. The molecule has 3 rings (SSSR count). The van der Waals surface area contributed by atoms with Crippen LogP contribution in [0.2, 0.25) is 0 Å². The first-order chi connectivity index (χ1) is 10.5. The van der Waals surface area contributed by atoms with Crippen molar-refractivity contribution in [2.45, 2.75) is 26.3 Å². The maximum absolute atomic E-state index is 11.5. The third kappa shape index (κ3) is 2.87. The number of carbonyl (C=O) groups excluding carboxylic acids is 1. The summed E-state index contributed by atoms with van der Waals surface area (Å²) in [4.78, 5) is 18.4. The highest BCUT2D eigenvalue weighted by Crippen LogP contribution is 2.22. The summed E-state index contributed by atoms with van der Waals surface area (Å²) in [5.41, 5.74) is 10.1. The molecule has 0 bridgehead atoms. The first-order valence-corrected chi connectivity index (χ1v) is 7.54. The molecule has 0 saturated carbocycles. The van der Waals surface area contributed by atoms with Crippen molar-refractivity contribution < 1.29 is 4.79 Å². The molecule has 0 spiro atoms. The van der Waals surface area contributed by atoms with Gasteiger partial charge in [0.15, 0.2) is 5.69 Å². The minimum absolute atomic E-state index is 0.413. The summed E-state index contributed by atoms with van der Waals surface area (Å²) in [5, 5.41) is 4.26. The molecule has 0 unspecified atom stereocenters. The summed E-state index contributed by atoms with van der Waals surface area (Å²) in [6.07, 6.45) is 1.80. The Morgan fingerprint density at radius 3 is 2.95 bits per heavy atom. The fourth-order valence-corrected chi connectivity index (χ4v) is 3.05. The fraction of sp³-hybridized carbons (Fsp3) is 0.438. The van der Waals surface area contributed by atoms with Crippen LogP contribution in [0.1, 0.15) is 33.1 Å². The number of fused-ring (bicyclic) bond motifs is 1. The van der Waals surface area contributed by atoms with Crippen molar-refractivity contribution in [3.63, 3.8) is 0 Å². The van der Waals surface area contributed by atoms with Gasteiger partial charge in [0, 0.05) is 62.2 Å². The number of primary amides is 1. The number of nitrogens with two attached hydrogens (primary N) is 1. The van der Waals surface area contributed by atoms with Crippen molar-refractivity contribution >= 4 is 5.91 Å². The van der Waals surface area contributed by atoms with Crippen LogP contribution in [0.4, 0.5) is 0 Å². The average molecular weight is 299 g/mol. The molecule has 0 aromatic carbocycles. The van der Waals surface area contributed by atoms with E-state index in [0.717, 1.165) is 55.1 Å². The number of hydrogen-bond acceptors (Lipinski definition) is 4. The second-order valence-corrected chi connectivity index (χ2v) is 5.81. The van der Waals surface area contributed by atoms with Gasteiger partial charge in [-0.3, -0.25) is 19.4 Å². The number of amides is 1. The Kier molecular flexibility index (Phi) is 3.94. The Morgan fingerprint density at radius 1 is 1.41 bits per heavy atom. The molecule has 0 fully saturated rings. The van der Waals surface area contributed by atoms with E-state index in [4.69, 9.17) is 5.73 Å². The van der Waals surface area contributed by atoms with Gasteiger partial charge in [-0.1, -0.05) is 6.07 Å². The molecule has 1 aliphatic rings. The van der Waals surface area contributed by atoms with Gasteiger partial charge >= 0.3 is 0 Å². The smallest absolute Gasteiger partial charge is 0.269 e. The van der Waals surface area contributed by atoms with Crippen LogP contribution in [0.15, 0.2) is 18.2 Å². The quantitative estimate of drug-likeness (QED) is 0.907. The number of carbonyl (C=O) groups is 1. The Hall–Kier alpha value is -2.21. The molecule has 2 aromatic rings. The molecule has 1 aliphatic heterocycles.